The largest absolute Gasteiger partial charge is 0.490 e. The number of ketones is 1. The molecule has 1 aliphatic heterocycles. The summed E-state index contributed by atoms with van der Waals surface area (Å²) in [5.74, 6) is -2.76. The van der Waals surface area contributed by atoms with Crippen molar-refractivity contribution in [2.75, 3.05) is 7.11 Å². The van der Waals surface area contributed by atoms with E-state index >= 15 is 0 Å². The molecule has 0 radical (unpaired) electrons. The Balaban J connectivity index is 1.40. The van der Waals surface area contributed by atoms with Crippen LogP contribution < -0.4 is 0 Å². The van der Waals surface area contributed by atoms with Crippen molar-refractivity contribution in [3.63, 3.8) is 0 Å². The third-order valence-electron chi connectivity index (χ3n) is 9.13. The minimum Gasteiger partial charge on any atom is -0.490 e. The summed E-state index contributed by atoms with van der Waals surface area (Å²) in [6, 6.07) is 10.6. The maximum Gasteiger partial charge on any atom is 0.379 e. The molecule has 0 bridgehead atoms. The van der Waals surface area contributed by atoms with Gasteiger partial charge in [0.05, 0.1) is 31.3 Å². The normalized spacial score (nSPS) is 32.0. The molecular weight excluding hydrogens is 500 g/mol. The zero-order chi connectivity index (χ0) is 27.5. The molecule has 2 aliphatic carbocycles. The van der Waals surface area contributed by atoms with Crippen molar-refractivity contribution >= 4 is 28.7 Å². The number of allylic oxidation sites excluding steroid dienone is 2. The number of carbonyl (C=O) groups excluding carboxylic acids is 3. The van der Waals surface area contributed by atoms with Gasteiger partial charge in [0.2, 0.25) is 11.5 Å². The quantitative estimate of drug-likeness (QED) is 0.370. The number of esters is 2. The van der Waals surface area contributed by atoms with E-state index in [1.54, 1.807) is 30.7 Å². The lowest BCUT2D eigenvalue weighted by atomic mass is 9.44. The zero-order valence-corrected chi connectivity index (χ0v) is 22.1. The number of methoxy groups -OCH3 is 1. The first-order valence-corrected chi connectivity index (χ1v) is 13.1. The molecule has 3 aliphatic rings. The second kappa shape index (κ2) is 9.00. The van der Waals surface area contributed by atoms with Crippen LogP contribution in [0.3, 0.4) is 0 Å². The Labute approximate surface area is 225 Å². The maximum absolute atomic E-state index is 14.3. The summed E-state index contributed by atoms with van der Waals surface area (Å²) in [6.45, 7) is 8.23. The molecule has 1 saturated heterocycles. The van der Waals surface area contributed by atoms with Gasteiger partial charge in [-0.15, -0.1) is 0 Å². The molecule has 0 unspecified atom stereocenters. The van der Waals surface area contributed by atoms with Gasteiger partial charge in [0, 0.05) is 22.8 Å². The summed E-state index contributed by atoms with van der Waals surface area (Å²) in [5, 5.41) is 0.738. The highest BCUT2D eigenvalue weighted by atomic mass is 16.6. The Morgan fingerprint density at radius 2 is 1.92 bits per heavy atom. The van der Waals surface area contributed by atoms with Crippen LogP contribution in [0.25, 0.3) is 11.0 Å². The van der Waals surface area contributed by atoms with E-state index in [9.17, 15) is 14.4 Å². The highest BCUT2D eigenvalue weighted by molar-refractivity contribution is 6.03. The van der Waals surface area contributed by atoms with Gasteiger partial charge >= 0.3 is 11.9 Å². The number of carbonyl (C=O) groups is 3. The second-order valence-electron chi connectivity index (χ2n) is 11.3. The monoisotopic (exact) mass is 530 g/mol. The second-order valence-corrected chi connectivity index (χ2v) is 11.3. The molecule has 3 aromatic rings. The minimum atomic E-state index is -0.803. The zero-order valence-electron chi connectivity index (χ0n) is 22.1. The van der Waals surface area contributed by atoms with Crippen LogP contribution in [0.5, 0.6) is 0 Å². The number of ether oxygens (including phenoxy) is 3. The van der Waals surface area contributed by atoms with Crippen molar-refractivity contribution in [1.82, 2.24) is 0 Å². The third-order valence-corrected chi connectivity index (χ3v) is 9.13. The van der Waals surface area contributed by atoms with Gasteiger partial charge in [-0.2, -0.15) is 0 Å². The van der Waals surface area contributed by atoms with Crippen LogP contribution >= 0.6 is 0 Å². The number of Topliss-reactive ketones (excluding diaryl/α,β-unsaturated/α-hetero) is 1. The van der Waals surface area contributed by atoms with Crippen LogP contribution in [0.2, 0.25) is 0 Å². The molecule has 6 atom stereocenters. The van der Waals surface area contributed by atoms with Crippen LogP contribution in [-0.2, 0) is 23.8 Å². The van der Waals surface area contributed by atoms with Gasteiger partial charge in [0.15, 0.2) is 5.76 Å². The molecule has 6 rings (SSSR count). The first-order valence-electron chi connectivity index (χ1n) is 13.1. The van der Waals surface area contributed by atoms with Gasteiger partial charge < -0.3 is 23.0 Å². The molecule has 1 saturated carbocycles. The molecular formula is C31H30O8. The Morgan fingerprint density at radius 3 is 2.64 bits per heavy atom. The summed E-state index contributed by atoms with van der Waals surface area (Å²) in [5.41, 5.74) is -0.0210. The van der Waals surface area contributed by atoms with Gasteiger partial charge in [-0.05, 0) is 54.4 Å². The van der Waals surface area contributed by atoms with Gasteiger partial charge in [-0.3, -0.25) is 9.59 Å². The highest BCUT2D eigenvalue weighted by Crippen LogP contribution is 2.66. The molecule has 0 N–H and O–H groups in total. The van der Waals surface area contributed by atoms with Crippen molar-refractivity contribution in [2.45, 2.75) is 39.2 Å². The molecule has 8 nitrogen and oxygen atoms in total. The van der Waals surface area contributed by atoms with E-state index in [-0.39, 0.29) is 29.3 Å². The van der Waals surface area contributed by atoms with Crippen molar-refractivity contribution < 1.29 is 37.4 Å². The van der Waals surface area contributed by atoms with E-state index in [1.165, 1.54) is 13.2 Å². The maximum atomic E-state index is 14.3. The minimum absolute atomic E-state index is 0.0277. The van der Waals surface area contributed by atoms with Crippen molar-refractivity contribution in [2.24, 2.45) is 28.6 Å². The fourth-order valence-electron chi connectivity index (χ4n) is 7.30. The van der Waals surface area contributed by atoms with E-state index in [2.05, 4.69) is 13.5 Å². The van der Waals surface area contributed by atoms with E-state index in [0.29, 0.717) is 30.6 Å². The highest BCUT2D eigenvalue weighted by Gasteiger charge is 2.65. The van der Waals surface area contributed by atoms with Gasteiger partial charge in [-0.1, -0.05) is 38.6 Å². The molecule has 8 heteroatoms. The topological polar surface area (TPSA) is 105 Å². The number of hydrogen-bond acceptors (Lipinski definition) is 8. The number of furan rings is 2. The summed E-state index contributed by atoms with van der Waals surface area (Å²) >= 11 is 0. The SMILES string of the molecule is C=C1O[C@H](c2ccoc2)C[C@]2(C)[C@H]3C(=O)C(OC(=O)c4cc5ccccc5o4)=C[C@@H](C(=O)OC)[C@]3(C)CC[C@@H]12. The lowest BCUT2D eigenvalue weighted by molar-refractivity contribution is -0.174. The van der Waals surface area contributed by atoms with Gasteiger partial charge in [0.25, 0.3) is 0 Å². The molecule has 2 aromatic heterocycles. The Morgan fingerprint density at radius 1 is 1.13 bits per heavy atom. The number of rotatable bonds is 4. The Bertz CT molecular complexity index is 1480. The predicted molar refractivity (Wildman–Crippen MR) is 139 cm³/mol. The third kappa shape index (κ3) is 3.84. The number of benzene rings is 1. The summed E-state index contributed by atoms with van der Waals surface area (Å²) in [6.07, 6.45) is 6.07. The van der Waals surface area contributed by atoms with Crippen LogP contribution in [0.1, 0.15) is 55.3 Å². The number of fused-ring (bicyclic) bond motifs is 4. The van der Waals surface area contributed by atoms with Gasteiger partial charge in [-0.25, -0.2) is 4.79 Å². The molecule has 0 amide bonds. The molecule has 202 valence electrons. The van der Waals surface area contributed by atoms with E-state index in [0.717, 1.165) is 10.9 Å². The number of para-hydroxylation sites is 1. The predicted octanol–water partition coefficient (Wildman–Crippen LogP) is 6.15. The smallest absolute Gasteiger partial charge is 0.379 e. The average Bonchev–Trinajstić information content (AvgIpc) is 3.59. The summed E-state index contributed by atoms with van der Waals surface area (Å²) in [7, 11) is 1.32. The standard InChI is InChI=1S/C31H30O8/c1-17-20-9-11-30(2)21(28(33)35-4)14-23(39-29(34)24-13-18-7-5-6-8-22(18)38-24)26(32)27(30)31(20,3)15-25(37-17)19-10-12-36-16-19/h5-8,10,12-14,16,20-21,25,27H,1,9,11,15H2,2-4H3/t20-,21-,25-,27-,30-,31-/m0/s1. The first-order chi connectivity index (χ1) is 18.7. The van der Waals surface area contributed by atoms with E-state index in [1.807, 2.05) is 25.1 Å². The Kier molecular flexibility index (Phi) is 5.82. The lowest BCUT2D eigenvalue weighted by Gasteiger charge is -2.60. The Hall–Kier alpha value is -4.07. The fourth-order valence-corrected chi connectivity index (χ4v) is 7.30. The molecule has 2 fully saturated rings. The van der Waals surface area contributed by atoms with Crippen LogP contribution in [0.4, 0.5) is 0 Å². The molecule has 0 spiro atoms. The molecule has 3 heterocycles. The first kappa shape index (κ1) is 25.2. The molecule has 1 aromatic carbocycles. The van der Waals surface area contributed by atoms with Crippen molar-refractivity contribution in [3.8, 4) is 0 Å². The fraction of sp³-hybridized carbons (Fsp3) is 0.387. The molecule has 39 heavy (non-hydrogen) atoms. The average molecular weight is 531 g/mol. The lowest BCUT2D eigenvalue weighted by Crippen LogP contribution is -2.60. The summed E-state index contributed by atoms with van der Waals surface area (Å²) < 4.78 is 28.0. The van der Waals surface area contributed by atoms with Gasteiger partial charge in [0.1, 0.15) is 11.7 Å². The van der Waals surface area contributed by atoms with Crippen LogP contribution in [0, 0.1) is 28.6 Å². The van der Waals surface area contributed by atoms with Crippen LogP contribution in [0.15, 0.2) is 81.9 Å². The van der Waals surface area contributed by atoms with Crippen molar-refractivity contribution in [1.29, 1.82) is 0 Å². The van der Waals surface area contributed by atoms with E-state index in [4.69, 9.17) is 23.0 Å². The van der Waals surface area contributed by atoms with Crippen molar-refractivity contribution in [3.05, 3.63) is 84.4 Å². The summed E-state index contributed by atoms with van der Waals surface area (Å²) in [4.78, 5) is 40.6. The number of hydrogen-bond donors (Lipinski definition) is 0. The van der Waals surface area contributed by atoms with Crippen LogP contribution in [-0.4, -0.2) is 24.8 Å². The van der Waals surface area contributed by atoms with E-state index < -0.39 is 34.6 Å².